The highest BCUT2D eigenvalue weighted by Gasteiger charge is 2.15. The number of rotatable bonds is 9. The van der Waals surface area contributed by atoms with Gasteiger partial charge in [-0.2, -0.15) is 0 Å². The summed E-state index contributed by atoms with van der Waals surface area (Å²) < 4.78 is 10.5. The van der Waals surface area contributed by atoms with Gasteiger partial charge in [0.25, 0.3) is 0 Å². The molecule has 0 bridgehead atoms. The van der Waals surface area contributed by atoms with E-state index in [0.29, 0.717) is 25.8 Å². The molecule has 0 heterocycles. The second-order valence-corrected chi connectivity index (χ2v) is 5.14. The molecule has 4 nitrogen and oxygen atoms in total. The molecule has 0 saturated carbocycles. The molecule has 1 aromatic rings. The van der Waals surface area contributed by atoms with Gasteiger partial charge in [-0.1, -0.05) is 6.07 Å². The van der Waals surface area contributed by atoms with Crippen molar-refractivity contribution in [2.24, 2.45) is 5.73 Å². The molecule has 0 aliphatic carbocycles. The first-order chi connectivity index (χ1) is 9.63. The summed E-state index contributed by atoms with van der Waals surface area (Å²) in [5, 5.41) is 0. The summed E-state index contributed by atoms with van der Waals surface area (Å²) in [6.07, 6.45) is 0.928. The first-order valence-corrected chi connectivity index (χ1v) is 7.18. The Morgan fingerprint density at radius 3 is 2.55 bits per heavy atom. The fourth-order valence-electron chi connectivity index (χ4n) is 2.42. The topological polar surface area (TPSA) is 47.7 Å². The first-order valence-electron chi connectivity index (χ1n) is 7.18. The average Bonchev–Trinajstić information content (AvgIpc) is 2.42. The number of ether oxygens (including phenoxy) is 2. The summed E-state index contributed by atoms with van der Waals surface area (Å²) in [6.45, 7) is 7.27. The second kappa shape index (κ2) is 8.95. The lowest BCUT2D eigenvalue weighted by Gasteiger charge is -2.31. The van der Waals surface area contributed by atoms with Crippen molar-refractivity contribution in [3.63, 3.8) is 0 Å². The van der Waals surface area contributed by atoms with E-state index in [4.69, 9.17) is 15.2 Å². The van der Waals surface area contributed by atoms with Crippen molar-refractivity contribution >= 4 is 5.69 Å². The van der Waals surface area contributed by atoms with Crippen molar-refractivity contribution < 1.29 is 9.47 Å². The lowest BCUT2D eigenvalue weighted by Crippen LogP contribution is -2.38. The number of aryl methyl sites for hydroxylation is 1. The molecule has 1 aromatic carbocycles. The Kier molecular flexibility index (Phi) is 7.59. The molecule has 114 valence electrons. The van der Waals surface area contributed by atoms with Crippen molar-refractivity contribution in [3.8, 4) is 0 Å². The van der Waals surface area contributed by atoms with E-state index in [0.717, 1.165) is 13.0 Å². The van der Waals surface area contributed by atoms with E-state index in [-0.39, 0.29) is 0 Å². The molecule has 0 fully saturated rings. The maximum Gasteiger partial charge on any atom is 0.0663 e. The Hall–Kier alpha value is -1.10. The van der Waals surface area contributed by atoms with Gasteiger partial charge in [0.1, 0.15) is 0 Å². The molecule has 0 spiro atoms. The fourth-order valence-corrected chi connectivity index (χ4v) is 2.42. The largest absolute Gasteiger partial charge is 0.383 e. The average molecular weight is 280 g/mol. The van der Waals surface area contributed by atoms with Crippen LogP contribution >= 0.6 is 0 Å². The zero-order chi connectivity index (χ0) is 15.0. The summed E-state index contributed by atoms with van der Waals surface area (Å²) in [4.78, 5) is 2.33. The lowest BCUT2D eigenvalue weighted by atomic mass is 10.0. The summed E-state index contributed by atoms with van der Waals surface area (Å²) in [7, 11) is 3.47. The van der Waals surface area contributed by atoms with Crippen LogP contribution in [-0.2, 0) is 15.9 Å². The monoisotopic (exact) mass is 280 g/mol. The molecule has 0 aliphatic heterocycles. The minimum absolute atomic E-state index is 0.315. The Balaban J connectivity index is 2.91. The third kappa shape index (κ3) is 4.78. The quantitative estimate of drug-likeness (QED) is 0.751. The van der Waals surface area contributed by atoms with Gasteiger partial charge in [0.15, 0.2) is 0 Å². The van der Waals surface area contributed by atoms with Crippen LogP contribution in [0.4, 0.5) is 5.69 Å². The van der Waals surface area contributed by atoms with Crippen molar-refractivity contribution in [1.82, 2.24) is 0 Å². The number of methoxy groups -OCH3 is 2. The zero-order valence-corrected chi connectivity index (χ0v) is 13.2. The van der Waals surface area contributed by atoms with Crippen molar-refractivity contribution in [2.75, 3.05) is 45.4 Å². The van der Waals surface area contributed by atoms with Gasteiger partial charge in [-0.25, -0.2) is 0 Å². The predicted molar refractivity (Wildman–Crippen MR) is 84.5 cm³/mol. The van der Waals surface area contributed by atoms with Gasteiger partial charge >= 0.3 is 0 Å². The predicted octanol–water partition coefficient (Wildman–Crippen LogP) is 1.98. The van der Waals surface area contributed by atoms with Crippen LogP contribution in [0.1, 0.15) is 18.1 Å². The zero-order valence-electron chi connectivity index (χ0n) is 13.2. The minimum Gasteiger partial charge on any atom is -0.383 e. The van der Waals surface area contributed by atoms with E-state index in [1.54, 1.807) is 14.2 Å². The van der Waals surface area contributed by atoms with Gasteiger partial charge in [0.2, 0.25) is 0 Å². The normalized spacial score (nSPS) is 12.4. The number of benzene rings is 1. The number of nitrogens with two attached hydrogens (primary N) is 1. The molecule has 4 heteroatoms. The van der Waals surface area contributed by atoms with Gasteiger partial charge in [-0.3, -0.25) is 0 Å². The Bertz CT molecular complexity index is 396. The van der Waals surface area contributed by atoms with Crippen LogP contribution in [0.3, 0.4) is 0 Å². The summed E-state index contributed by atoms with van der Waals surface area (Å²) in [5.74, 6) is 0. The second-order valence-electron chi connectivity index (χ2n) is 5.14. The van der Waals surface area contributed by atoms with Crippen molar-refractivity contribution in [3.05, 3.63) is 29.3 Å². The maximum absolute atomic E-state index is 5.64. The third-order valence-electron chi connectivity index (χ3n) is 3.55. The van der Waals surface area contributed by atoms with Crippen LogP contribution < -0.4 is 10.6 Å². The highest BCUT2D eigenvalue weighted by Crippen LogP contribution is 2.21. The molecule has 0 aromatic heterocycles. The highest BCUT2D eigenvalue weighted by atomic mass is 16.5. The molecule has 0 saturated heterocycles. The highest BCUT2D eigenvalue weighted by molar-refractivity contribution is 5.51. The van der Waals surface area contributed by atoms with Gasteiger partial charge in [0.05, 0.1) is 13.2 Å². The molecule has 0 aliphatic rings. The number of hydrogen-bond acceptors (Lipinski definition) is 4. The summed E-state index contributed by atoms with van der Waals surface area (Å²) in [5.41, 5.74) is 9.46. The lowest BCUT2D eigenvalue weighted by molar-refractivity contribution is 0.171. The van der Waals surface area contributed by atoms with Crippen LogP contribution in [0, 0.1) is 6.92 Å². The fraction of sp³-hybridized carbons (Fsp3) is 0.625. The SMILES string of the molecule is COCCN(c1ccc(CCN)c(C)c1)C(C)COC. The molecule has 1 atom stereocenters. The van der Waals surface area contributed by atoms with Gasteiger partial charge in [-0.05, 0) is 50.1 Å². The van der Waals surface area contributed by atoms with Crippen LogP contribution in [0.5, 0.6) is 0 Å². The smallest absolute Gasteiger partial charge is 0.0663 e. The minimum atomic E-state index is 0.315. The maximum atomic E-state index is 5.64. The number of nitrogens with zero attached hydrogens (tertiary/aromatic N) is 1. The van der Waals surface area contributed by atoms with Gasteiger partial charge in [-0.15, -0.1) is 0 Å². The van der Waals surface area contributed by atoms with Gasteiger partial charge < -0.3 is 20.1 Å². The summed E-state index contributed by atoms with van der Waals surface area (Å²) in [6, 6.07) is 6.89. The van der Waals surface area contributed by atoms with Crippen molar-refractivity contribution in [1.29, 1.82) is 0 Å². The van der Waals surface area contributed by atoms with Crippen LogP contribution in [0.2, 0.25) is 0 Å². The van der Waals surface area contributed by atoms with E-state index in [1.807, 2.05) is 0 Å². The molecule has 1 rings (SSSR count). The first kappa shape index (κ1) is 17.0. The van der Waals surface area contributed by atoms with Crippen LogP contribution in [0.15, 0.2) is 18.2 Å². The van der Waals surface area contributed by atoms with E-state index >= 15 is 0 Å². The number of hydrogen-bond donors (Lipinski definition) is 1. The van der Waals surface area contributed by atoms with E-state index in [9.17, 15) is 0 Å². The molecular formula is C16H28N2O2. The van der Waals surface area contributed by atoms with Gasteiger partial charge in [0, 0.05) is 32.5 Å². The molecule has 2 N–H and O–H groups in total. The molecule has 0 radical (unpaired) electrons. The summed E-state index contributed by atoms with van der Waals surface area (Å²) >= 11 is 0. The van der Waals surface area contributed by atoms with E-state index in [2.05, 4.69) is 36.9 Å². The standard InChI is InChI=1S/C16H28N2O2/c1-13-11-16(6-5-15(13)7-8-17)18(9-10-19-3)14(2)12-20-4/h5-6,11,14H,7-10,12,17H2,1-4H3. The molecule has 1 unspecified atom stereocenters. The van der Waals surface area contributed by atoms with E-state index in [1.165, 1.54) is 16.8 Å². The Morgan fingerprint density at radius 1 is 1.25 bits per heavy atom. The van der Waals surface area contributed by atoms with Crippen molar-refractivity contribution in [2.45, 2.75) is 26.3 Å². The van der Waals surface area contributed by atoms with Crippen LogP contribution in [-0.4, -0.2) is 46.6 Å². The Morgan fingerprint density at radius 2 is 2.00 bits per heavy atom. The number of anilines is 1. The third-order valence-corrected chi connectivity index (χ3v) is 3.55. The van der Waals surface area contributed by atoms with Crippen LogP contribution in [0.25, 0.3) is 0 Å². The molecule has 20 heavy (non-hydrogen) atoms. The van der Waals surface area contributed by atoms with E-state index < -0.39 is 0 Å². The molecule has 0 amide bonds. The molecular weight excluding hydrogens is 252 g/mol. The Labute approximate surface area is 122 Å².